The molecule has 1 saturated carbocycles. The van der Waals surface area contributed by atoms with Crippen LogP contribution in [-0.4, -0.2) is 60.4 Å². The molecule has 168 valence electrons. The molecule has 1 unspecified atom stereocenters. The van der Waals surface area contributed by atoms with Gasteiger partial charge in [0, 0.05) is 45.7 Å². The van der Waals surface area contributed by atoms with E-state index in [-0.39, 0.29) is 29.6 Å². The lowest BCUT2D eigenvalue weighted by Crippen LogP contribution is -2.46. The first-order chi connectivity index (χ1) is 15.0. The van der Waals surface area contributed by atoms with Crippen LogP contribution < -0.4 is 10.6 Å². The molecule has 7 nitrogen and oxygen atoms in total. The van der Waals surface area contributed by atoms with Crippen molar-refractivity contribution in [2.24, 2.45) is 17.8 Å². The van der Waals surface area contributed by atoms with E-state index in [4.69, 9.17) is 0 Å². The molecule has 0 aromatic heterocycles. The number of carbonyl (C=O) groups excluding carboxylic acids is 3. The van der Waals surface area contributed by atoms with Crippen molar-refractivity contribution in [1.29, 1.82) is 0 Å². The van der Waals surface area contributed by atoms with Gasteiger partial charge in [-0.2, -0.15) is 0 Å². The van der Waals surface area contributed by atoms with Gasteiger partial charge in [-0.3, -0.25) is 9.59 Å². The Morgan fingerprint density at radius 2 is 1.71 bits per heavy atom. The number of rotatable bonds is 7. The summed E-state index contributed by atoms with van der Waals surface area (Å²) in [6.07, 6.45) is 4.37. The third-order valence-electron chi connectivity index (χ3n) is 6.58. The largest absolute Gasteiger partial charge is 0.356 e. The molecule has 1 aliphatic carbocycles. The minimum atomic E-state index is -0.293. The third-order valence-corrected chi connectivity index (χ3v) is 6.58. The number of likely N-dealkylation sites (tertiary alicyclic amines) is 2. The van der Waals surface area contributed by atoms with E-state index in [1.54, 1.807) is 17.0 Å². The van der Waals surface area contributed by atoms with Crippen LogP contribution in [0, 0.1) is 23.6 Å². The van der Waals surface area contributed by atoms with Gasteiger partial charge >= 0.3 is 6.03 Å². The second-order valence-corrected chi connectivity index (χ2v) is 9.10. The van der Waals surface area contributed by atoms with E-state index >= 15 is 0 Å². The Labute approximate surface area is 182 Å². The van der Waals surface area contributed by atoms with Gasteiger partial charge in [0.15, 0.2) is 0 Å². The molecular formula is C23H31FN4O3. The summed E-state index contributed by atoms with van der Waals surface area (Å²) >= 11 is 0. The van der Waals surface area contributed by atoms with Gasteiger partial charge in [0.05, 0.1) is 5.92 Å². The number of hydrogen-bond acceptors (Lipinski definition) is 3. The van der Waals surface area contributed by atoms with Gasteiger partial charge in [-0.15, -0.1) is 0 Å². The summed E-state index contributed by atoms with van der Waals surface area (Å²) in [7, 11) is 0. The van der Waals surface area contributed by atoms with E-state index in [0.29, 0.717) is 51.0 Å². The maximum atomic E-state index is 13.0. The standard InChI is InChI=1S/C23H31FN4O3/c24-20-5-3-17(4-6-20)13-26-23(31)27-9-7-18(8-10-27)14-28-15-19(11-21(28)29)22(30)25-12-16-1-2-16/h3-6,16,18-19H,1-2,7-15H2,(H,25,30)(H,26,31). The summed E-state index contributed by atoms with van der Waals surface area (Å²) in [4.78, 5) is 40.7. The minimum Gasteiger partial charge on any atom is -0.356 e. The molecule has 2 aliphatic heterocycles. The topological polar surface area (TPSA) is 81.8 Å². The zero-order valence-electron chi connectivity index (χ0n) is 17.8. The first-order valence-electron chi connectivity index (χ1n) is 11.3. The van der Waals surface area contributed by atoms with E-state index in [1.807, 2.05) is 4.90 Å². The first kappa shape index (κ1) is 21.6. The lowest BCUT2D eigenvalue weighted by molar-refractivity contribution is -0.129. The van der Waals surface area contributed by atoms with Crippen molar-refractivity contribution in [2.75, 3.05) is 32.7 Å². The highest BCUT2D eigenvalue weighted by molar-refractivity contribution is 5.89. The molecule has 2 N–H and O–H groups in total. The average Bonchev–Trinajstić information content (AvgIpc) is 3.54. The van der Waals surface area contributed by atoms with E-state index < -0.39 is 0 Å². The molecule has 0 spiro atoms. The van der Waals surface area contributed by atoms with Crippen LogP contribution in [0.25, 0.3) is 0 Å². The van der Waals surface area contributed by atoms with Crippen molar-refractivity contribution < 1.29 is 18.8 Å². The summed E-state index contributed by atoms with van der Waals surface area (Å²) in [5.41, 5.74) is 0.855. The number of hydrogen-bond donors (Lipinski definition) is 2. The van der Waals surface area contributed by atoms with Crippen molar-refractivity contribution in [3.8, 4) is 0 Å². The number of urea groups is 1. The van der Waals surface area contributed by atoms with E-state index in [2.05, 4.69) is 10.6 Å². The highest BCUT2D eigenvalue weighted by atomic mass is 19.1. The van der Waals surface area contributed by atoms with Crippen LogP contribution in [0.15, 0.2) is 24.3 Å². The summed E-state index contributed by atoms with van der Waals surface area (Å²) in [6, 6.07) is 5.97. The van der Waals surface area contributed by atoms with Gasteiger partial charge in [-0.25, -0.2) is 9.18 Å². The summed E-state index contributed by atoms with van der Waals surface area (Å²) < 4.78 is 13.0. The molecular weight excluding hydrogens is 399 g/mol. The molecule has 0 bridgehead atoms. The van der Waals surface area contributed by atoms with E-state index in [1.165, 1.54) is 25.0 Å². The highest BCUT2D eigenvalue weighted by Crippen LogP contribution is 2.28. The van der Waals surface area contributed by atoms with Crippen molar-refractivity contribution >= 4 is 17.8 Å². The Morgan fingerprint density at radius 3 is 2.39 bits per heavy atom. The Kier molecular flexibility index (Phi) is 6.73. The Hall–Kier alpha value is -2.64. The molecule has 8 heteroatoms. The molecule has 4 rings (SSSR count). The smallest absolute Gasteiger partial charge is 0.317 e. The fourth-order valence-corrected chi connectivity index (χ4v) is 4.36. The van der Waals surface area contributed by atoms with Crippen LogP contribution in [0.3, 0.4) is 0 Å². The zero-order chi connectivity index (χ0) is 21.8. The van der Waals surface area contributed by atoms with Crippen molar-refractivity contribution in [3.63, 3.8) is 0 Å². The molecule has 1 aromatic carbocycles. The van der Waals surface area contributed by atoms with Gasteiger partial charge in [0.2, 0.25) is 11.8 Å². The molecule has 3 fully saturated rings. The van der Waals surface area contributed by atoms with Gasteiger partial charge < -0.3 is 20.4 Å². The molecule has 1 aromatic rings. The van der Waals surface area contributed by atoms with Crippen LogP contribution in [-0.2, 0) is 16.1 Å². The molecule has 2 saturated heterocycles. The van der Waals surface area contributed by atoms with Crippen LogP contribution in [0.5, 0.6) is 0 Å². The van der Waals surface area contributed by atoms with Crippen molar-refractivity contribution in [1.82, 2.24) is 20.4 Å². The second-order valence-electron chi connectivity index (χ2n) is 9.10. The maximum absolute atomic E-state index is 13.0. The average molecular weight is 431 g/mol. The number of piperidine rings is 1. The summed E-state index contributed by atoms with van der Waals surface area (Å²) in [6.45, 7) is 3.57. The zero-order valence-corrected chi connectivity index (χ0v) is 17.8. The number of carbonyl (C=O) groups is 3. The summed E-state index contributed by atoms with van der Waals surface area (Å²) in [5.74, 6) is 0.525. The summed E-state index contributed by atoms with van der Waals surface area (Å²) in [5, 5.41) is 5.87. The van der Waals surface area contributed by atoms with Crippen molar-refractivity contribution in [2.45, 2.75) is 38.6 Å². The van der Waals surface area contributed by atoms with Gasteiger partial charge in [0.1, 0.15) is 5.82 Å². The number of nitrogens with zero attached hydrogens (tertiary/aromatic N) is 2. The Morgan fingerprint density at radius 1 is 1.00 bits per heavy atom. The van der Waals surface area contributed by atoms with Crippen LogP contribution >= 0.6 is 0 Å². The molecule has 3 aliphatic rings. The van der Waals surface area contributed by atoms with Crippen molar-refractivity contribution in [3.05, 3.63) is 35.6 Å². The lowest BCUT2D eigenvalue weighted by atomic mass is 9.96. The van der Waals surface area contributed by atoms with Gasteiger partial charge in [-0.05, 0) is 55.2 Å². The Balaban J connectivity index is 1.16. The quantitative estimate of drug-likeness (QED) is 0.695. The normalized spacial score (nSPS) is 22.0. The lowest BCUT2D eigenvalue weighted by Gasteiger charge is -2.34. The van der Waals surface area contributed by atoms with Crippen LogP contribution in [0.2, 0.25) is 0 Å². The van der Waals surface area contributed by atoms with Crippen LogP contribution in [0.1, 0.15) is 37.7 Å². The molecule has 31 heavy (non-hydrogen) atoms. The fraction of sp³-hybridized carbons (Fsp3) is 0.609. The van der Waals surface area contributed by atoms with Gasteiger partial charge in [-0.1, -0.05) is 12.1 Å². The third kappa shape index (κ3) is 5.95. The monoisotopic (exact) mass is 430 g/mol. The van der Waals surface area contributed by atoms with E-state index in [9.17, 15) is 18.8 Å². The number of benzene rings is 1. The minimum absolute atomic E-state index is 0.00962. The van der Waals surface area contributed by atoms with Crippen LogP contribution in [0.4, 0.5) is 9.18 Å². The Bertz CT molecular complexity index is 804. The SMILES string of the molecule is O=C(NCC1CC1)C1CC(=O)N(CC2CCN(C(=O)NCc3ccc(F)cc3)CC2)C1. The predicted molar refractivity (Wildman–Crippen MR) is 113 cm³/mol. The first-order valence-corrected chi connectivity index (χ1v) is 11.3. The molecule has 0 radical (unpaired) electrons. The number of amides is 4. The fourth-order valence-electron chi connectivity index (χ4n) is 4.36. The van der Waals surface area contributed by atoms with E-state index in [0.717, 1.165) is 24.9 Å². The number of halogens is 1. The van der Waals surface area contributed by atoms with Gasteiger partial charge in [0.25, 0.3) is 0 Å². The highest BCUT2D eigenvalue weighted by Gasteiger charge is 2.36. The molecule has 1 atom stereocenters. The molecule has 2 heterocycles. The predicted octanol–water partition coefficient (Wildman–Crippen LogP) is 2.12. The number of nitrogens with one attached hydrogen (secondary N) is 2. The molecule has 4 amide bonds. The maximum Gasteiger partial charge on any atom is 0.317 e. The second kappa shape index (κ2) is 9.66.